The number of hydrogen-bond donors (Lipinski definition) is 1. The number of rotatable bonds is 3. The van der Waals surface area contributed by atoms with Crippen molar-refractivity contribution in [1.82, 2.24) is 15.3 Å². The number of hydrogen-bond acceptors (Lipinski definition) is 3. The molecule has 0 radical (unpaired) electrons. The van der Waals surface area contributed by atoms with Gasteiger partial charge in [-0.3, -0.25) is 0 Å². The first-order chi connectivity index (χ1) is 7.45. The SMILES string of the molecule is CNCc1c(C)nc(C2CC2(C)C)nc1C. The Morgan fingerprint density at radius 1 is 1.25 bits per heavy atom. The van der Waals surface area contributed by atoms with E-state index in [0.717, 1.165) is 23.8 Å². The molecule has 1 saturated carbocycles. The topological polar surface area (TPSA) is 37.8 Å². The highest BCUT2D eigenvalue weighted by Crippen LogP contribution is 2.57. The normalized spacial score (nSPS) is 22.2. The zero-order valence-corrected chi connectivity index (χ0v) is 10.9. The van der Waals surface area contributed by atoms with Gasteiger partial charge in [-0.1, -0.05) is 13.8 Å². The Morgan fingerprint density at radius 3 is 2.12 bits per heavy atom. The molecular formula is C13H21N3. The summed E-state index contributed by atoms with van der Waals surface area (Å²) in [7, 11) is 1.96. The van der Waals surface area contributed by atoms with Gasteiger partial charge in [0.2, 0.25) is 0 Å². The van der Waals surface area contributed by atoms with Crippen molar-refractivity contribution >= 4 is 0 Å². The molecule has 16 heavy (non-hydrogen) atoms. The van der Waals surface area contributed by atoms with E-state index in [9.17, 15) is 0 Å². The van der Waals surface area contributed by atoms with E-state index in [-0.39, 0.29) is 0 Å². The Labute approximate surface area is 97.7 Å². The summed E-state index contributed by atoms with van der Waals surface area (Å²) in [6, 6.07) is 0. The van der Waals surface area contributed by atoms with Crippen LogP contribution in [-0.4, -0.2) is 17.0 Å². The quantitative estimate of drug-likeness (QED) is 0.848. The fourth-order valence-electron chi connectivity index (χ4n) is 2.26. The first kappa shape index (κ1) is 11.5. The minimum absolute atomic E-state index is 0.406. The Bertz CT molecular complexity index is 387. The van der Waals surface area contributed by atoms with Gasteiger partial charge in [-0.15, -0.1) is 0 Å². The van der Waals surface area contributed by atoms with Crippen molar-refractivity contribution < 1.29 is 0 Å². The second-order valence-electron chi connectivity index (χ2n) is 5.51. The molecule has 0 aliphatic heterocycles. The highest BCUT2D eigenvalue weighted by Gasteiger charge is 2.48. The summed E-state index contributed by atoms with van der Waals surface area (Å²) >= 11 is 0. The van der Waals surface area contributed by atoms with E-state index in [1.807, 2.05) is 7.05 Å². The molecule has 1 N–H and O–H groups in total. The summed E-state index contributed by atoms with van der Waals surface area (Å²) in [5, 5.41) is 3.17. The van der Waals surface area contributed by atoms with Gasteiger partial charge >= 0.3 is 0 Å². The predicted octanol–water partition coefficient (Wildman–Crippen LogP) is 2.33. The molecule has 0 spiro atoms. The van der Waals surface area contributed by atoms with Crippen LogP contribution >= 0.6 is 0 Å². The maximum atomic E-state index is 4.66. The maximum Gasteiger partial charge on any atom is 0.132 e. The molecule has 0 saturated heterocycles. The summed E-state index contributed by atoms with van der Waals surface area (Å²) in [6.45, 7) is 9.59. The van der Waals surface area contributed by atoms with E-state index in [1.54, 1.807) is 0 Å². The van der Waals surface area contributed by atoms with Crippen LogP contribution in [0.2, 0.25) is 0 Å². The van der Waals surface area contributed by atoms with Gasteiger partial charge in [0.15, 0.2) is 0 Å². The van der Waals surface area contributed by atoms with E-state index in [1.165, 1.54) is 12.0 Å². The first-order valence-corrected chi connectivity index (χ1v) is 5.94. The van der Waals surface area contributed by atoms with Crippen LogP contribution in [-0.2, 0) is 6.54 Å². The second kappa shape index (κ2) is 3.81. The van der Waals surface area contributed by atoms with Crippen LogP contribution in [0.1, 0.15) is 49.0 Å². The van der Waals surface area contributed by atoms with Crippen molar-refractivity contribution in [2.75, 3.05) is 7.05 Å². The molecule has 3 heteroatoms. The Hall–Kier alpha value is -0.960. The molecule has 1 aliphatic rings. The van der Waals surface area contributed by atoms with E-state index >= 15 is 0 Å². The highest BCUT2D eigenvalue weighted by molar-refractivity contribution is 5.27. The highest BCUT2D eigenvalue weighted by atomic mass is 14.9. The van der Waals surface area contributed by atoms with Crippen molar-refractivity contribution in [3.8, 4) is 0 Å². The summed E-state index contributed by atoms with van der Waals surface area (Å²) in [6.07, 6.45) is 1.22. The lowest BCUT2D eigenvalue weighted by Gasteiger charge is -2.11. The first-order valence-electron chi connectivity index (χ1n) is 5.94. The number of nitrogens with one attached hydrogen (secondary N) is 1. The third kappa shape index (κ3) is 1.96. The van der Waals surface area contributed by atoms with Crippen LogP contribution < -0.4 is 5.32 Å². The van der Waals surface area contributed by atoms with Crippen LogP contribution in [0.5, 0.6) is 0 Å². The molecule has 1 heterocycles. The van der Waals surface area contributed by atoms with Crippen LogP contribution in [0.3, 0.4) is 0 Å². The number of nitrogens with zero attached hydrogens (tertiary/aromatic N) is 2. The second-order valence-corrected chi connectivity index (χ2v) is 5.51. The average Bonchev–Trinajstić information content (AvgIpc) is 2.81. The summed E-state index contributed by atoms with van der Waals surface area (Å²) < 4.78 is 0. The Kier molecular flexibility index (Phi) is 2.74. The minimum Gasteiger partial charge on any atom is -0.316 e. The molecule has 1 unspecified atom stereocenters. The van der Waals surface area contributed by atoms with Gasteiger partial charge in [0.1, 0.15) is 5.82 Å². The Balaban J connectivity index is 2.31. The molecule has 1 aromatic heterocycles. The van der Waals surface area contributed by atoms with Gasteiger partial charge in [-0.2, -0.15) is 0 Å². The lowest BCUT2D eigenvalue weighted by atomic mass is 10.1. The zero-order valence-electron chi connectivity index (χ0n) is 10.9. The van der Waals surface area contributed by atoms with Crippen molar-refractivity contribution in [3.63, 3.8) is 0 Å². The van der Waals surface area contributed by atoms with Crippen LogP contribution in [0, 0.1) is 19.3 Å². The van der Waals surface area contributed by atoms with E-state index in [0.29, 0.717) is 11.3 Å². The van der Waals surface area contributed by atoms with Crippen molar-refractivity contribution in [3.05, 3.63) is 22.8 Å². The lowest BCUT2D eigenvalue weighted by Crippen LogP contribution is -2.12. The smallest absolute Gasteiger partial charge is 0.132 e. The lowest BCUT2D eigenvalue weighted by molar-refractivity contribution is 0.604. The fourth-order valence-corrected chi connectivity index (χ4v) is 2.26. The van der Waals surface area contributed by atoms with E-state index in [2.05, 4.69) is 43.0 Å². The van der Waals surface area contributed by atoms with Crippen molar-refractivity contribution in [1.29, 1.82) is 0 Å². The molecule has 3 nitrogen and oxygen atoms in total. The summed E-state index contributed by atoms with van der Waals surface area (Å²) in [4.78, 5) is 9.32. The molecule has 2 rings (SSSR count). The van der Waals surface area contributed by atoms with Crippen molar-refractivity contribution in [2.45, 2.75) is 46.6 Å². The zero-order chi connectivity index (χ0) is 11.9. The van der Waals surface area contributed by atoms with Gasteiger partial charge in [0, 0.05) is 29.4 Å². The number of aromatic nitrogens is 2. The monoisotopic (exact) mass is 219 g/mol. The third-order valence-electron chi connectivity index (χ3n) is 3.62. The van der Waals surface area contributed by atoms with E-state index < -0.39 is 0 Å². The van der Waals surface area contributed by atoms with Gasteiger partial charge < -0.3 is 5.32 Å². The Morgan fingerprint density at radius 2 is 1.75 bits per heavy atom. The molecule has 1 fully saturated rings. The van der Waals surface area contributed by atoms with Crippen LogP contribution in [0.4, 0.5) is 0 Å². The molecule has 0 aromatic carbocycles. The molecule has 88 valence electrons. The van der Waals surface area contributed by atoms with Gasteiger partial charge in [0.25, 0.3) is 0 Å². The predicted molar refractivity (Wildman–Crippen MR) is 65.4 cm³/mol. The van der Waals surface area contributed by atoms with E-state index in [4.69, 9.17) is 0 Å². The maximum absolute atomic E-state index is 4.66. The summed E-state index contributed by atoms with van der Waals surface area (Å²) in [5.41, 5.74) is 3.90. The molecule has 1 aromatic rings. The minimum atomic E-state index is 0.406. The average molecular weight is 219 g/mol. The van der Waals surface area contributed by atoms with Crippen molar-refractivity contribution in [2.24, 2.45) is 5.41 Å². The standard InChI is InChI=1S/C13H21N3/c1-8-10(7-14-5)9(2)16-12(15-8)11-6-13(11,3)4/h11,14H,6-7H2,1-5H3. The van der Waals surface area contributed by atoms with Gasteiger partial charge in [0.05, 0.1) is 0 Å². The largest absolute Gasteiger partial charge is 0.316 e. The molecule has 1 atom stereocenters. The fraction of sp³-hybridized carbons (Fsp3) is 0.692. The molecule has 0 bridgehead atoms. The third-order valence-corrected chi connectivity index (χ3v) is 3.62. The molecule has 0 amide bonds. The number of aryl methyl sites for hydroxylation is 2. The molecular weight excluding hydrogens is 198 g/mol. The van der Waals surface area contributed by atoms with Crippen LogP contribution in [0.15, 0.2) is 0 Å². The summed E-state index contributed by atoms with van der Waals surface area (Å²) in [5.74, 6) is 1.60. The van der Waals surface area contributed by atoms with Crippen LogP contribution in [0.25, 0.3) is 0 Å². The molecule has 1 aliphatic carbocycles. The van der Waals surface area contributed by atoms with Gasteiger partial charge in [-0.25, -0.2) is 9.97 Å². The van der Waals surface area contributed by atoms with Gasteiger partial charge in [-0.05, 0) is 32.7 Å².